The second-order valence-electron chi connectivity index (χ2n) is 6.63. The standard InChI is InChI=1S/C21H27N5O3/c1-5-9-28-19-11-16(6-7-18(19)27-4)12-23-21(22-2)26-8-10-29-20(15-26)17-13-24-25(3)14-17/h1,6-7,11,13-14,20H,8-10,12,15H2,2-4H3,(H,22,23). The van der Waals surface area contributed by atoms with Gasteiger partial charge in [0.05, 0.1) is 26.5 Å². The van der Waals surface area contributed by atoms with E-state index in [0.29, 0.717) is 31.2 Å². The first kappa shape index (κ1) is 20.6. The second kappa shape index (κ2) is 9.85. The summed E-state index contributed by atoms with van der Waals surface area (Å²) in [5, 5.41) is 7.66. The van der Waals surface area contributed by atoms with Crippen LogP contribution in [0.2, 0.25) is 0 Å². The van der Waals surface area contributed by atoms with Crippen molar-refractivity contribution in [2.75, 3.05) is 40.5 Å². The van der Waals surface area contributed by atoms with Crippen LogP contribution < -0.4 is 14.8 Å². The molecule has 1 aromatic carbocycles. The summed E-state index contributed by atoms with van der Waals surface area (Å²) in [6, 6.07) is 5.78. The van der Waals surface area contributed by atoms with Gasteiger partial charge in [0.15, 0.2) is 17.5 Å². The minimum atomic E-state index is -0.0271. The molecule has 8 heteroatoms. The summed E-state index contributed by atoms with van der Waals surface area (Å²) in [5.41, 5.74) is 2.11. The zero-order valence-electron chi connectivity index (χ0n) is 17.1. The summed E-state index contributed by atoms with van der Waals surface area (Å²) in [6.45, 7) is 2.91. The van der Waals surface area contributed by atoms with Crippen LogP contribution in [0, 0.1) is 12.3 Å². The third-order valence-electron chi connectivity index (χ3n) is 4.66. The molecule has 3 rings (SSSR count). The Kier molecular flexibility index (Phi) is 6.98. The number of aliphatic imine (C=N–C) groups is 1. The minimum Gasteiger partial charge on any atom is -0.493 e. The average molecular weight is 397 g/mol. The molecule has 2 heterocycles. The van der Waals surface area contributed by atoms with Crippen LogP contribution in [0.3, 0.4) is 0 Å². The van der Waals surface area contributed by atoms with Gasteiger partial charge in [0.25, 0.3) is 0 Å². The molecule has 1 N–H and O–H groups in total. The maximum atomic E-state index is 5.92. The summed E-state index contributed by atoms with van der Waals surface area (Å²) in [5.74, 6) is 4.58. The van der Waals surface area contributed by atoms with Crippen molar-refractivity contribution in [1.82, 2.24) is 20.0 Å². The molecule has 1 unspecified atom stereocenters. The second-order valence-corrected chi connectivity index (χ2v) is 6.63. The Hall–Kier alpha value is -3.18. The molecule has 1 fully saturated rings. The van der Waals surface area contributed by atoms with Gasteiger partial charge in [-0.25, -0.2) is 0 Å². The van der Waals surface area contributed by atoms with Gasteiger partial charge in [-0.15, -0.1) is 6.42 Å². The van der Waals surface area contributed by atoms with Crippen molar-refractivity contribution in [3.8, 4) is 23.8 Å². The van der Waals surface area contributed by atoms with Gasteiger partial charge in [-0.3, -0.25) is 9.67 Å². The fraction of sp³-hybridized carbons (Fsp3) is 0.429. The molecule has 154 valence electrons. The highest BCUT2D eigenvalue weighted by molar-refractivity contribution is 5.80. The SMILES string of the molecule is C#CCOc1cc(CNC(=NC)N2CCOC(c3cnn(C)c3)C2)ccc1OC. The Morgan fingerprint density at radius 1 is 1.45 bits per heavy atom. The zero-order chi connectivity index (χ0) is 20.6. The van der Waals surface area contributed by atoms with Gasteiger partial charge in [0, 0.05) is 38.9 Å². The van der Waals surface area contributed by atoms with E-state index in [0.717, 1.165) is 23.6 Å². The number of benzene rings is 1. The molecular formula is C21H27N5O3. The van der Waals surface area contributed by atoms with E-state index in [4.69, 9.17) is 20.6 Å². The molecule has 1 aliphatic heterocycles. The zero-order valence-corrected chi connectivity index (χ0v) is 17.1. The molecule has 0 amide bonds. The van der Waals surface area contributed by atoms with Crippen molar-refractivity contribution >= 4 is 5.96 Å². The van der Waals surface area contributed by atoms with Gasteiger partial charge in [-0.2, -0.15) is 5.10 Å². The van der Waals surface area contributed by atoms with Gasteiger partial charge >= 0.3 is 0 Å². The predicted molar refractivity (Wildman–Crippen MR) is 111 cm³/mol. The lowest BCUT2D eigenvalue weighted by Crippen LogP contribution is -2.47. The first-order chi connectivity index (χ1) is 14.1. The summed E-state index contributed by atoms with van der Waals surface area (Å²) in [7, 11) is 5.29. The van der Waals surface area contributed by atoms with Crippen LogP contribution >= 0.6 is 0 Å². The number of methoxy groups -OCH3 is 1. The largest absolute Gasteiger partial charge is 0.493 e. The van der Waals surface area contributed by atoms with Crippen LogP contribution in [0.25, 0.3) is 0 Å². The van der Waals surface area contributed by atoms with Gasteiger partial charge in [0.1, 0.15) is 12.7 Å². The van der Waals surface area contributed by atoms with Crippen molar-refractivity contribution < 1.29 is 14.2 Å². The van der Waals surface area contributed by atoms with Crippen LogP contribution in [0.5, 0.6) is 11.5 Å². The maximum Gasteiger partial charge on any atom is 0.194 e. The topological polar surface area (TPSA) is 73.1 Å². The van der Waals surface area contributed by atoms with Crippen LogP contribution in [0.4, 0.5) is 0 Å². The number of aryl methyl sites for hydroxylation is 1. The fourth-order valence-corrected chi connectivity index (χ4v) is 3.23. The summed E-state index contributed by atoms with van der Waals surface area (Å²) >= 11 is 0. The molecule has 0 spiro atoms. The Bertz CT molecular complexity index is 887. The average Bonchev–Trinajstić information content (AvgIpc) is 3.19. The first-order valence-corrected chi connectivity index (χ1v) is 9.43. The van der Waals surface area contributed by atoms with Crippen molar-refractivity contribution in [3.05, 3.63) is 41.7 Å². The van der Waals surface area contributed by atoms with E-state index >= 15 is 0 Å². The third-order valence-corrected chi connectivity index (χ3v) is 4.66. The summed E-state index contributed by atoms with van der Waals surface area (Å²) in [4.78, 5) is 6.63. The molecular weight excluding hydrogens is 370 g/mol. The monoisotopic (exact) mass is 397 g/mol. The smallest absolute Gasteiger partial charge is 0.194 e. The van der Waals surface area contributed by atoms with Crippen molar-refractivity contribution in [2.45, 2.75) is 12.6 Å². The molecule has 0 aliphatic carbocycles. The number of terminal acetylenes is 1. The van der Waals surface area contributed by atoms with E-state index in [1.807, 2.05) is 37.6 Å². The molecule has 0 radical (unpaired) electrons. The Morgan fingerprint density at radius 3 is 3.00 bits per heavy atom. The number of nitrogens with zero attached hydrogens (tertiary/aromatic N) is 4. The van der Waals surface area contributed by atoms with Gasteiger partial charge in [-0.1, -0.05) is 12.0 Å². The molecule has 1 saturated heterocycles. The number of hydrogen-bond acceptors (Lipinski definition) is 5. The van der Waals surface area contributed by atoms with Crippen LogP contribution in [-0.2, 0) is 18.3 Å². The summed E-state index contributed by atoms with van der Waals surface area (Å²) < 4.78 is 18.6. The Labute approximate surface area is 171 Å². The van der Waals surface area contributed by atoms with E-state index in [1.165, 1.54) is 0 Å². The van der Waals surface area contributed by atoms with E-state index in [9.17, 15) is 0 Å². The van der Waals surface area contributed by atoms with E-state index in [1.54, 1.807) is 18.8 Å². The molecule has 0 bridgehead atoms. The number of hydrogen-bond donors (Lipinski definition) is 1. The first-order valence-electron chi connectivity index (χ1n) is 9.43. The van der Waals surface area contributed by atoms with E-state index < -0.39 is 0 Å². The molecule has 1 aliphatic rings. The molecule has 29 heavy (non-hydrogen) atoms. The predicted octanol–water partition coefficient (Wildman–Crippen LogP) is 1.59. The highest BCUT2D eigenvalue weighted by atomic mass is 16.5. The van der Waals surface area contributed by atoms with E-state index in [-0.39, 0.29) is 12.7 Å². The van der Waals surface area contributed by atoms with Crippen molar-refractivity contribution in [1.29, 1.82) is 0 Å². The third kappa shape index (κ3) is 5.21. The van der Waals surface area contributed by atoms with Crippen molar-refractivity contribution in [2.24, 2.45) is 12.0 Å². The molecule has 8 nitrogen and oxygen atoms in total. The Balaban J connectivity index is 1.63. The fourth-order valence-electron chi connectivity index (χ4n) is 3.23. The number of guanidine groups is 1. The number of rotatable bonds is 6. The van der Waals surface area contributed by atoms with Crippen LogP contribution in [-0.4, -0.2) is 61.1 Å². The van der Waals surface area contributed by atoms with Crippen LogP contribution in [0.1, 0.15) is 17.2 Å². The van der Waals surface area contributed by atoms with Gasteiger partial charge in [-0.05, 0) is 17.7 Å². The number of ether oxygens (including phenoxy) is 3. The molecule has 0 saturated carbocycles. The quantitative estimate of drug-likeness (QED) is 0.453. The van der Waals surface area contributed by atoms with Crippen molar-refractivity contribution in [3.63, 3.8) is 0 Å². The minimum absolute atomic E-state index is 0.0271. The number of nitrogens with one attached hydrogen (secondary N) is 1. The van der Waals surface area contributed by atoms with E-state index in [2.05, 4.69) is 26.2 Å². The highest BCUT2D eigenvalue weighted by Gasteiger charge is 2.25. The number of aromatic nitrogens is 2. The maximum absolute atomic E-state index is 5.92. The summed E-state index contributed by atoms with van der Waals surface area (Å²) in [6.07, 6.45) is 9.10. The lowest BCUT2D eigenvalue weighted by Gasteiger charge is -2.34. The Morgan fingerprint density at radius 2 is 2.31 bits per heavy atom. The number of morpholine rings is 1. The molecule has 2 aromatic rings. The normalized spacial score (nSPS) is 17.0. The van der Waals surface area contributed by atoms with Crippen LogP contribution in [0.15, 0.2) is 35.6 Å². The highest BCUT2D eigenvalue weighted by Crippen LogP contribution is 2.28. The van der Waals surface area contributed by atoms with Gasteiger partial charge in [0.2, 0.25) is 0 Å². The lowest BCUT2D eigenvalue weighted by molar-refractivity contribution is -0.00805. The molecule has 1 aromatic heterocycles. The molecule has 1 atom stereocenters. The van der Waals surface area contributed by atoms with Gasteiger partial charge < -0.3 is 24.4 Å². The lowest BCUT2D eigenvalue weighted by atomic mass is 10.1.